The van der Waals surface area contributed by atoms with Crippen molar-refractivity contribution in [2.45, 2.75) is 38.8 Å². The molecule has 0 radical (unpaired) electrons. The van der Waals surface area contributed by atoms with Crippen LogP contribution in [0.5, 0.6) is 0 Å². The number of carbonyl (C=O) groups is 1. The summed E-state index contributed by atoms with van der Waals surface area (Å²) in [5.41, 5.74) is 0. The summed E-state index contributed by atoms with van der Waals surface area (Å²) in [7, 11) is 2.14. The number of rotatable bonds is 6. The van der Waals surface area contributed by atoms with E-state index in [9.17, 15) is 4.79 Å². The second-order valence-electron chi connectivity index (χ2n) is 5.50. The number of likely N-dealkylation sites (N-methyl/N-ethyl adjacent to an activating group) is 1. The molecule has 0 aromatic carbocycles. The van der Waals surface area contributed by atoms with Gasteiger partial charge in [-0.25, -0.2) is 0 Å². The van der Waals surface area contributed by atoms with Gasteiger partial charge in [0.05, 0.1) is 0 Å². The van der Waals surface area contributed by atoms with Crippen molar-refractivity contribution in [2.75, 3.05) is 39.8 Å². The van der Waals surface area contributed by atoms with E-state index in [1.54, 1.807) is 0 Å². The molecule has 0 spiro atoms. The van der Waals surface area contributed by atoms with Crippen LogP contribution < -0.4 is 5.32 Å². The lowest BCUT2D eigenvalue weighted by Gasteiger charge is -2.23. The number of nitrogens with one attached hydrogen (secondary N) is 1. The largest absolute Gasteiger partial charge is 0.480 e. The number of hydrogen-bond donors (Lipinski definition) is 2. The van der Waals surface area contributed by atoms with Crippen LogP contribution in [0.15, 0.2) is 0 Å². The Kier molecular flexibility index (Phi) is 6.60. The molecule has 5 heteroatoms. The average molecular weight is 257 g/mol. The van der Waals surface area contributed by atoms with E-state index in [2.05, 4.69) is 22.2 Å². The van der Waals surface area contributed by atoms with Gasteiger partial charge in [0, 0.05) is 25.7 Å². The van der Waals surface area contributed by atoms with Crippen LogP contribution in [0.1, 0.15) is 26.7 Å². The third-order valence-electron chi connectivity index (χ3n) is 3.38. The van der Waals surface area contributed by atoms with Crippen LogP contribution in [0.2, 0.25) is 0 Å². The molecule has 0 aromatic heterocycles. The highest BCUT2D eigenvalue weighted by Gasteiger charge is 2.20. The highest BCUT2D eigenvalue weighted by Crippen LogP contribution is 2.04. The van der Waals surface area contributed by atoms with Gasteiger partial charge in [0.15, 0.2) is 0 Å². The van der Waals surface area contributed by atoms with Crippen LogP contribution in [0, 0.1) is 0 Å². The quantitative estimate of drug-likeness (QED) is 0.724. The van der Waals surface area contributed by atoms with Crippen LogP contribution in [-0.4, -0.2) is 72.7 Å². The summed E-state index contributed by atoms with van der Waals surface area (Å²) in [5, 5.41) is 12.3. The number of aliphatic carboxylic acids is 1. The van der Waals surface area contributed by atoms with Gasteiger partial charge in [-0.3, -0.25) is 4.79 Å². The molecule has 1 saturated heterocycles. The number of carboxylic acids is 1. The van der Waals surface area contributed by atoms with Crippen molar-refractivity contribution in [2.24, 2.45) is 0 Å². The predicted molar refractivity (Wildman–Crippen MR) is 72.9 cm³/mol. The zero-order chi connectivity index (χ0) is 13.5. The van der Waals surface area contributed by atoms with Gasteiger partial charge in [-0.15, -0.1) is 0 Å². The summed E-state index contributed by atoms with van der Waals surface area (Å²) in [6, 6.07) is -0.215. The second-order valence-corrected chi connectivity index (χ2v) is 5.50. The standard InChI is InChI=1S/C13H27N3O2/c1-11(2)14-12(13(17)18)5-8-16-7-4-6-15(3)9-10-16/h11-12,14H,4-10H2,1-3H3,(H,17,18). The topological polar surface area (TPSA) is 55.8 Å². The van der Waals surface area contributed by atoms with Gasteiger partial charge < -0.3 is 20.2 Å². The Hall–Kier alpha value is -0.650. The number of carboxylic acid groups (broad SMARTS) is 1. The highest BCUT2D eigenvalue weighted by atomic mass is 16.4. The Balaban J connectivity index is 2.34. The maximum absolute atomic E-state index is 11.1. The summed E-state index contributed by atoms with van der Waals surface area (Å²) in [5.74, 6) is -0.740. The van der Waals surface area contributed by atoms with Crippen LogP contribution in [0.4, 0.5) is 0 Å². The Morgan fingerprint density at radius 3 is 2.61 bits per heavy atom. The van der Waals surface area contributed by atoms with Gasteiger partial charge in [0.25, 0.3) is 0 Å². The molecule has 0 aliphatic carbocycles. The fourth-order valence-electron chi connectivity index (χ4n) is 2.32. The summed E-state index contributed by atoms with van der Waals surface area (Å²) < 4.78 is 0. The first-order valence-corrected chi connectivity index (χ1v) is 6.89. The Bertz CT molecular complexity index is 259. The second kappa shape index (κ2) is 7.71. The first-order chi connectivity index (χ1) is 8.49. The first kappa shape index (κ1) is 15.4. The molecule has 0 amide bonds. The van der Waals surface area contributed by atoms with Crippen molar-refractivity contribution in [3.8, 4) is 0 Å². The summed E-state index contributed by atoms with van der Waals surface area (Å²) in [6.07, 6.45) is 1.85. The zero-order valence-electron chi connectivity index (χ0n) is 11.9. The predicted octanol–water partition coefficient (Wildman–Crippen LogP) is 0.465. The zero-order valence-corrected chi connectivity index (χ0v) is 11.9. The van der Waals surface area contributed by atoms with Gasteiger partial charge in [-0.05, 0) is 33.0 Å². The van der Waals surface area contributed by atoms with E-state index in [1.807, 2.05) is 13.8 Å². The third kappa shape index (κ3) is 5.80. The number of hydrogen-bond acceptors (Lipinski definition) is 4. The van der Waals surface area contributed by atoms with Crippen LogP contribution in [-0.2, 0) is 4.79 Å². The molecule has 1 heterocycles. The molecular formula is C13H27N3O2. The van der Waals surface area contributed by atoms with Crippen molar-refractivity contribution in [3.63, 3.8) is 0 Å². The van der Waals surface area contributed by atoms with Crippen molar-refractivity contribution >= 4 is 5.97 Å². The molecule has 18 heavy (non-hydrogen) atoms. The lowest BCUT2D eigenvalue weighted by molar-refractivity contribution is -0.139. The first-order valence-electron chi connectivity index (χ1n) is 6.89. The molecule has 0 aromatic rings. The van der Waals surface area contributed by atoms with Gasteiger partial charge in [-0.1, -0.05) is 13.8 Å². The Morgan fingerprint density at radius 1 is 1.28 bits per heavy atom. The molecule has 1 atom stereocenters. The third-order valence-corrected chi connectivity index (χ3v) is 3.38. The van der Waals surface area contributed by atoms with Crippen molar-refractivity contribution < 1.29 is 9.90 Å². The van der Waals surface area contributed by atoms with E-state index in [1.165, 1.54) is 6.42 Å². The normalized spacial score (nSPS) is 20.9. The van der Waals surface area contributed by atoms with E-state index < -0.39 is 12.0 Å². The Labute approximate surface area is 110 Å². The average Bonchev–Trinajstić information content (AvgIpc) is 2.48. The molecular weight excluding hydrogens is 230 g/mol. The van der Waals surface area contributed by atoms with Crippen LogP contribution >= 0.6 is 0 Å². The molecule has 1 aliphatic rings. The van der Waals surface area contributed by atoms with Crippen molar-refractivity contribution in [1.82, 2.24) is 15.1 Å². The smallest absolute Gasteiger partial charge is 0.320 e. The van der Waals surface area contributed by atoms with Crippen molar-refractivity contribution in [3.05, 3.63) is 0 Å². The minimum absolute atomic E-state index is 0.210. The van der Waals surface area contributed by atoms with E-state index >= 15 is 0 Å². The molecule has 1 unspecified atom stereocenters. The van der Waals surface area contributed by atoms with Crippen molar-refractivity contribution in [1.29, 1.82) is 0 Å². The maximum Gasteiger partial charge on any atom is 0.320 e. The van der Waals surface area contributed by atoms with Gasteiger partial charge in [0.2, 0.25) is 0 Å². The SMILES string of the molecule is CC(C)NC(CCN1CCCN(C)CC1)C(=O)O. The molecule has 1 fully saturated rings. The van der Waals surface area contributed by atoms with Crippen LogP contribution in [0.25, 0.3) is 0 Å². The fourth-order valence-corrected chi connectivity index (χ4v) is 2.32. The molecule has 0 saturated carbocycles. The maximum atomic E-state index is 11.1. The minimum atomic E-state index is -0.740. The monoisotopic (exact) mass is 257 g/mol. The van der Waals surface area contributed by atoms with Gasteiger partial charge >= 0.3 is 5.97 Å². The van der Waals surface area contributed by atoms with E-state index in [0.29, 0.717) is 6.42 Å². The van der Waals surface area contributed by atoms with Gasteiger partial charge in [-0.2, -0.15) is 0 Å². The highest BCUT2D eigenvalue weighted by molar-refractivity contribution is 5.73. The van der Waals surface area contributed by atoms with E-state index in [-0.39, 0.29) is 6.04 Å². The molecule has 0 bridgehead atoms. The Morgan fingerprint density at radius 2 is 2.00 bits per heavy atom. The molecule has 1 rings (SSSR count). The molecule has 106 valence electrons. The summed E-state index contributed by atoms with van der Waals surface area (Å²) in [6.45, 7) is 9.18. The molecule has 5 nitrogen and oxygen atoms in total. The number of nitrogens with zero attached hydrogens (tertiary/aromatic N) is 2. The molecule has 2 N–H and O–H groups in total. The lowest BCUT2D eigenvalue weighted by atomic mass is 10.1. The van der Waals surface area contributed by atoms with Crippen LogP contribution in [0.3, 0.4) is 0 Å². The van der Waals surface area contributed by atoms with E-state index in [4.69, 9.17) is 5.11 Å². The van der Waals surface area contributed by atoms with Gasteiger partial charge in [0.1, 0.15) is 6.04 Å². The lowest BCUT2D eigenvalue weighted by Crippen LogP contribution is -2.43. The fraction of sp³-hybridized carbons (Fsp3) is 0.923. The summed E-state index contributed by atoms with van der Waals surface area (Å²) in [4.78, 5) is 15.8. The molecule has 1 aliphatic heterocycles. The summed E-state index contributed by atoms with van der Waals surface area (Å²) >= 11 is 0. The van der Waals surface area contributed by atoms with E-state index in [0.717, 1.165) is 32.7 Å². The minimum Gasteiger partial charge on any atom is -0.480 e.